The maximum Gasteiger partial charge on any atom is 0.224 e. The summed E-state index contributed by atoms with van der Waals surface area (Å²) in [6.07, 6.45) is 3.44. The SMILES string of the molecule is CCNc1ncc(F)c(N(CC)CC(CC)CC)n1. The van der Waals surface area contributed by atoms with Gasteiger partial charge in [-0.2, -0.15) is 4.98 Å². The summed E-state index contributed by atoms with van der Waals surface area (Å²) in [6.45, 7) is 10.6. The Labute approximate surface area is 115 Å². The summed E-state index contributed by atoms with van der Waals surface area (Å²) in [5.41, 5.74) is 0. The van der Waals surface area contributed by atoms with Gasteiger partial charge in [-0.3, -0.25) is 0 Å². The average Bonchev–Trinajstić information content (AvgIpc) is 2.43. The number of nitrogens with one attached hydrogen (secondary N) is 1. The van der Waals surface area contributed by atoms with E-state index < -0.39 is 0 Å². The van der Waals surface area contributed by atoms with Crippen molar-refractivity contribution in [2.75, 3.05) is 29.9 Å². The third-order valence-electron chi connectivity index (χ3n) is 3.38. The topological polar surface area (TPSA) is 41.1 Å². The van der Waals surface area contributed by atoms with E-state index in [1.807, 2.05) is 18.7 Å². The molecule has 0 atom stereocenters. The molecule has 0 aliphatic carbocycles. The molecule has 0 spiro atoms. The van der Waals surface area contributed by atoms with Crippen LogP contribution in [0.4, 0.5) is 16.2 Å². The lowest BCUT2D eigenvalue weighted by molar-refractivity contribution is 0.479. The van der Waals surface area contributed by atoms with E-state index in [0.717, 1.165) is 32.5 Å². The number of hydrogen-bond donors (Lipinski definition) is 1. The predicted octanol–water partition coefficient (Wildman–Crippen LogP) is 3.31. The fraction of sp³-hybridized carbons (Fsp3) is 0.714. The van der Waals surface area contributed by atoms with Crippen LogP contribution < -0.4 is 10.2 Å². The molecule has 1 aromatic heterocycles. The highest BCUT2D eigenvalue weighted by Gasteiger charge is 2.16. The standard InChI is InChI=1S/C14H25FN4/c1-5-11(6-2)10-19(8-4)13-12(15)9-17-14(18-13)16-7-3/h9,11H,5-8,10H2,1-4H3,(H,16,17,18). The second-order valence-electron chi connectivity index (χ2n) is 4.62. The molecule has 0 aliphatic heterocycles. The van der Waals surface area contributed by atoms with Crippen LogP contribution in [0, 0.1) is 11.7 Å². The molecule has 0 aliphatic rings. The summed E-state index contributed by atoms with van der Waals surface area (Å²) in [7, 11) is 0. The number of aromatic nitrogens is 2. The maximum atomic E-state index is 13.9. The van der Waals surface area contributed by atoms with Gasteiger partial charge in [0.15, 0.2) is 11.6 Å². The fourth-order valence-electron chi connectivity index (χ4n) is 2.05. The van der Waals surface area contributed by atoms with Gasteiger partial charge < -0.3 is 10.2 Å². The zero-order valence-corrected chi connectivity index (χ0v) is 12.4. The van der Waals surface area contributed by atoms with Crippen LogP contribution in [-0.2, 0) is 0 Å². The Kier molecular flexibility index (Phi) is 6.53. The van der Waals surface area contributed by atoms with Crippen LogP contribution in [0.3, 0.4) is 0 Å². The van der Waals surface area contributed by atoms with Crippen LogP contribution in [0.15, 0.2) is 6.20 Å². The van der Waals surface area contributed by atoms with Crippen molar-refractivity contribution >= 4 is 11.8 Å². The van der Waals surface area contributed by atoms with Crippen LogP contribution in [0.1, 0.15) is 40.5 Å². The van der Waals surface area contributed by atoms with E-state index in [1.165, 1.54) is 6.20 Å². The van der Waals surface area contributed by atoms with Crippen LogP contribution in [-0.4, -0.2) is 29.6 Å². The Bertz CT molecular complexity index is 380. The second kappa shape index (κ2) is 7.92. The molecule has 0 saturated heterocycles. The molecule has 108 valence electrons. The van der Waals surface area contributed by atoms with Gasteiger partial charge in [0.2, 0.25) is 5.95 Å². The fourth-order valence-corrected chi connectivity index (χ4v) is 2.05. The van der Waals surface area contributed by atoms with Gasteiger partial charge in [-0.1, -0.05) is 26.7 Å². The minimum atomic E-state index is -0.352. The Balaban J connectivity index is 2.92. The van der Waals surface area contributed by atoms with Crippen LogP contribution in [0.25, 0.3) is 0 Å². The first kappa shape index (κ1) is 15.7. The van der Waals surface area contributed by atoms with Gasteiger partial charge in [0.05, 0.1) is 6.20 Å². The maximum absolute atomic E-state index is 13.9. The Hall–Kier alpha value is -1.39. The number of hydrogen-bond acceptors (Lipinski definition) is 4. The van der Waals surface area contributed by atoms with Crippen molar-refractivity contribution in [2.24, 2.45) is 5.92 Å². The molecule has 1 aromatic rings. The Morgan fingerprint density at radius 3 is 2.47 bits per heavy atom. The third-order valence-corrected chi connectivity index (χ3v) is 3.38. The monoisotopic (exact) mass is 268 g/mol. The summed E-state index contributed by atoms with van der Waals surface area (Å²) in [5.74, 6) is 1.11. The summed E-state index contributed by atoms with van der Waals surface area (Å²) in [5, 5.41) is 3.02. The summed E-state index contributed by atoms with van der Waals surface area (Å²) >= 11 is 0. The van der Waals surface area contributed by atoms with Gasteiger partial charge in [0.1, 0.15) is 0 Å². The minimum Gasteiger partial charge on any atom is -0.354 e. The van der Waals surface area contributed by atoms with Gasteiger partial charge in [-0.15, -0.1) is 0 Å². The molecule has 4 nitrogen and oxygen atoms in total. The third kappa shape index (κ3) is 4.33. The summed E-state index contributed by atoms with van der Waals surface area (Å²) in [6, 6.07) is 0. The highest BCUT2D eigenvalue weighted by atomic mass is 19.1. The van der Waals surface area contributed by atoms with E-state index >= 15 is 0 Å². The van der Waals surface area contributed by atoms with E-state index in [-0.39, 0.29) is 5.82 Å². The predicted molar refractivity (Wildman–Crippen MR) is 78.1 cm³/mol. The van der Waals surface area contributed by atoms with Crippen molar-refractivity contribution in [3.8, 4) is 0 Å². The molecular weight excluding hydrogens is 243 g/mol. The first-order valence-corrected chi connectivity index (χ1v) is 7.17. The quantitative estimate of drug-likeness (QED) is 0.785. The molecule has 1 heterocycles. The molecule has 1 rings (SSSR count). The van der Waals surface area contributed by atoms with E-state index in [4.69, 9.17) is 0 Å². The van der Waals surface area contributed by atoms with Crippen LogP contribution >= 0.6 is 0 Å². The van der Waals surface area contributed by atoms with Crippen molar-refractivity contribution in [3.05, 3.63) is 12.0 Å². The van der Waals surface area contributed by atoms with E-state index in [2.05, 4.69) is 29.1 Å². The van der Waals surface area contributed by atoms with Crippen molar-refractivity contribution < 1.29 is 4.39 Å². The van der Waals surface area contributed by atoms with Crippen molar-refractivity contribution in [1.82, 2.24) is 9.97 Å². The smallest absolute Gasteiger partial charge is 0.224 e. The first-order chi connectivity index (χ1) is 9.15. The highest BCUT2D eigenvalue weighted by Crippen LogP contribution is 2.20. The zero-order valence-electron chi connectivity index (χ0n) is 12.4. The zero-order chi connectivity index (χ0) is 14.3. The number of anilines is 2. The lowest BCUT2D eigenvalue weighted by Crippen LogP contribution is -2.31. The lowest BCUT2D eigenvalue weighted by Gasteiger charge is -2.26. The van der Waals surface area contributed by atoms with Crippen LogP contribution in [0.5, 0.6) is 0 Å². The number of nitrogens with zero attached hydrogens (tertiary/aromatic N) is 3. The van der Waals surface area contributed by atoms with Gasteiger partial charge in [0, 0.05) is 19.6 Å². The summed E-state index contributed by atoms with van der Waals surface area (Å²) < 4.78 is 13.9. The van der Waals surface area contributed by atoms with Gasteiger partial charge in [-0.25, -0.2) is 9.37 Å². The highest BCUT2D eigenvalue weighted by molar-refractivity contribution is 5.43. The molecule has 5 heteroatoms. The van der Waals surface area contributed by atoms with E-state index in [0.29, 0.717) is 17.7 Å². The minimum absolute atomic E-state index is 0.352. The molecule has 1 N–H and O–H groups in total. The molecule has 19 heavy (non-hydrogen) atoms. The average molecular weight is 268 g/mol. The second-order valence-corrected chi connectivity index (χ2v) is 4.62. The number of rotatable bonds is 8. The normalized spacial score (nSPS) is 10.8. The van der Waals surface area contributed by atoms with Gasteiger partial charge in [-0.05, 0) is 19.8 Å². The van der Waals surface area contributed by atoms with E-state index in [9.17, 15) is 4.39 Å². The molecule has 0 bridgehead atoms. The first-order valence-electron chi connectivity index (χ1n) is 7.17. The summed E-state index contributed by atoms with van der Waals surface area (Å²) in [4.78, 5) is 10.2. The van der Waals surface area contributed by atoms with Crippen molar-refractivity contribution in [3.63, 3.8) is 0 Å². The Morgan fingerprint density at radius 2 is 1.95 bits per heavy atom. The van der Waals surface area contributed by atoms with Crippen molar-refractivity contribution in [1.29, 1.82) is 0 Å². The van der Waals surface area contributed by atoms with E-state index in [1.54, 1.807) is 0 Å². The molecule has 0 amide bonds. The van der Waals surface area contributed by atoms with Gasteiger partial charge >= 0.3 is 0 Å². The molecular formula is C14H25FN4. The molecule has 0 radical (unpaired) electrons. The molecule has 0 saturated carbocycles. The van der Waals surface area contributed by atoms with Crippen molar-refractivity contribution in [2.45, 2.75) is 40.5 Å². The molecule has 0 aromatic carbocycles. The van der Waals surface area contributed by atoms with Gasteiger partial charge in [0.25, 0.3) is 0 Å². The van der Waals surface area contributed by atoms with Crippen LogP contribution in [0.2, 0.25) is 0 Å². The lowest BCUT2D eigenvalue weighted by atomic mass is 10.0. The Morgan fingerprint density at radius 1 is 1.26 bits per heavy atom. The molecule has 0 fully saturated rings. The molecule has 0 unspecified atom stereocenters. The largest absolute Gasteiger partial charge is 0.354 e. The number of halogens is 1.